The van der Waals surface area contributed by atoms with Crippen molar-refractivity contribution in [1.29, 1.82) is 0 Å². The third-order valence-corrected chi connectivity index (χ3v) is 7.44. The molecule has 2 aliphatic heterocycles. The lowest BCUT2D eigenvalue weighted by molar-refractivity contribution is -0.127. The molecule has 0 bridgehead atoms. The van der Waals surface area contributed by atoms with Crippen molar-refractivity contribution in [3.8, 4) is 17.1 Å². The maximum atomic E-state index is 13.5. The van der Waals surface area contributed by atoms with Gasteiger partial charge in [-0.3, -0.25) is 4.79 Å². The lowest BCUT2D eigenvalue weighted by Crippen LogP contribution is -2.48. The second-order valence-electron chi connectivity index (χ2n) is 9.14. The van der Waals surface area contributed by atoms with Crippen molar-refractivity contribution in [1.82, 2.24) is 14.9 Å². The van der Waals surface area contributed by atoms with Gasteiger partial charge in [-0.15, -0.1) is 0 Å². The highest BCUT2D eigenvalue weighted by molar-refractivity contribution is 5.89. The van der Waals surface area contributed by atoms with Crippen molar-refractivity contribution in [3.63, 3.8) is 0 Å². The second kappa shape index (κ2) is 8.37. The summed E-state index contributed by atoms with van der Waals surface area (Å²) in [6.07, 6.45) is 12.3. The number of nitrogens with one attached hydrogen (secondary N) is 1. The molecule has 162 valence electrons. The van der Waals surface area contributed by atoms with Crippen LogP contribution in [0.5, 0.6) is 5.75 Å². The van der Waals surface area contributed by atoms with Crippen LogP contribution in [-0.4, -0.2) is 28.6 Å². The van der Waals surface area contributed by atoms with Gasteiger partial charge in [-0.1, -0.05) is 25.0 Å². The minimum atomic E-state index is -0.386. The number of carbonyl (C=O) groups excluding carboxylic acids is 1. The quantitative estimate of drug-likeness (QED) is 0.628. The summed E-state index contributed by atoms with van der Waals surface area (Å²) >= 11 is 0. The number of aromatic nitrogens is 2. The van der Waals surface area contributed by atoms with E-state index >= 15 is 0 Å². The van der Waals surface area contributed by atoms with Gasteiger partial charge < -0.3 is 14.6 Å². The standard InChI is InChI=1S/C26H31N3O2/c1-31-23-12-6-20(7-13-23)26(15-2-3-16-26)25(30)28-21-8-10-22(11-9-21)29-18-4-5-19-14-17-27-24(19)29/h4-7,12-14,17-18,21-22H,2-3,8-11,15-16H2,1H3,(H,28,30). The summed E-state index contributed by atoms with van der Waals surface area (Å²) in [7, 11) is 1.68. The van der Waals surface area contributed by atoms with Gasteiger partial charge in [0, 0.05) is 30.0 Å². The summed E-state index contributed by atoms with van der Waals surface area (Å²) in [4.78, 5) is 18.1. The molecular formula is C26H31N3O2. The number of methoxy groups -OCH3 is 1. The van der Waals surface area contributed by atoms with Crippen LogP contribution < -0.4 is 10.1 Å². The smallest absolute Gasteiger partial charge is 0.230 e. The number of hydrogen-bond acceptors (Lipinski definition) is 3. The molecule has 1 aromatic rings. The number of carbonyl (C=O) groups is 1. The summed E-state index contributed by atoms with van der Waals surface area (Å²) in [5, 5.41) is 3.44. The molecule has 0 saturated heterocycles. The average molecular weight is 418 g/mol. The third kappa shape index (κ3) is 3.71. The van der Waals surface area contributed by atoms with Crippen molar-refractivity contribution >= 4 is 5.91 Å². The van der Waals surface area contributed by atoms with Crippen molar-refractivity contribution in [2.45, 2.75) is 68.9 Å². The molecule has 31 heavy (non-hydrogen) atoms. The zero-order valence-corrected chi connectivity index (χ0v) is 18.2. The van der Waals surface area contributed by atoms with Gasteiger partial charge >= 0.3 is 0 Å². The average Bonchev–Trinajstić information content (AvgIpc) is 3.50. The second-order valence-corrected chi connectivity index (χ2v) is 9.14. The van der Waals surface area contributed by atoms with E-state index in [1.807, 2.05) is 18.3 Å². The summed E-state index contributed by atoms with van der Waals surface area (Å²) in [6, 6.07) is 15.1. The zero-order valence-electron chi connectivity index (χ0n) is 18.2. The molecule has 0 radical (unpaired) electrons. The van der Waals surface area contributed by atoms with E-state index in [0.29, 0.717) is 6.04 Å². The van der Waals surface area contributed by atoms with Crippen molar-refractivity contribution in [2.24, 2.45) is 0 Å². The zero-order chi connectivity index (χ0) is 21.3. The molecule has 1 N–H and O–H groups in total. The van der Waals surface area contributed by atoms with Gasteiger partial charge in [-0.25, -0.2) is 4.98 Å². The summed E-state index contributed by atoms with van der Waals surface area (Å²) in [5.74, 6) is 2.12. The van der Waals surface area contributed by atoms with Gasteiger partial charge in [0.2, 0.25) is 5.91 Å². The first-order valence-corrected chi connectivity index (χ1v) is 11.6. The first kappa shape index (κ1) is 20.1. The number of nitrogens with zero attached hydrogens (tertiary/aromatic N) is 2. The maximum Gasteiger partial charge on any atom is 0.230 e. The normalized spacial score (nSPS) is 23.0. The van der Waals surface area contributed by atoms with E-state index in [9.17, 15) is 4.79 Å². The molecule has 5 nitrogen and oxygen atoms in total. The lowest BCUT2D eigenvalue weighted by atomic mass is 9.77. The highest BCUT2D eigenvalue weighted by atomic mass is 16.5. The molecule has 0 spiro atoms. The summed E-state index contributed by atoms with van der Waals surface area (Å²) in [6.45, 7) is 0. The highest BCUT2D eigenvalue weighted by Crippen LogP contribution is 2.42. The largest absolute Gasteiger partial charge is 0.497 e. The van der Waals surface area contributed by atoms with Crippen LogP contribution in [0.3, 0.4) is 0 Å². The molecule has 0 unspecified atom stereocenters. The molecule has 2 aliphatic carbocycles. The van der Waals surface area contributed by atoms with E-state index in [4.69, 9.17) is 4.74 Å². The van der Waals surface area contributed by atoms with Crippen LogP contribution in [0.25, 0.3) is 11.4 Å². The molecule has 0 aromatic heterocycles. The van der Waals surface area contributed by atoms with E-state index in [-0.39, 0.29) is 17.4 Å². The summed E-state index contributed by atoms with van der Waals surface area (Å²) < 4.78 is 7.63. The van der Waals surface area contributed by atoms with Crippen LogP contribution in [-0.2, 0) is 10.2 Å². The van der Waals surface area contributed by atoms with Crippen LogP contribution in [0.2, 0.25) is 0 Å². The Morgan fingerprint density at radius 2 is 1.81 bits per heavy atom. The predicted molar refractivity (Wildman–Crippen MR) is 121 cm³/mol. The molecular weight excluding hydrogens is 386 g/mol. The topological polar surface area (TPSA) is 56.1 Å². The third-order valence-electron chi connectivity index (χ3n) is 7.44. The van der Waals surface area contributed by atoms with E-state index < -0.39 is 0 Å². The Morgan fingerprint density at radius 1 is 1.06 bits per heavy atom. The van der Waals surface area contributed by atoms with E-state index in [2.05, 4.69) is 51.4 Å². The van der Waals surface area contributed by atoms with Gasteiger partial charge in [-0.05, 0) is 74.4 Å². The first-order chi connectivity index (χ1) is 15.2. The molecule has 2 heterocycles. The van der Waals surface area contributed by atoms with Gasteiger partial charge in [0.15, 0.2) is 0 Å². The number of amides is 1. The highest BCUT2D eigenvalue weighted by Gasteiger charge is 2.43. The molecule has 2 fully saturated rings. The molecule has 2 saturated carbocycles. The fourth-order valence-corrected chi connectivity index (χ4v) is 5.65. The van der Waals surface area contributed by atoms with Gasteiger partial charge in [0.1, 0.15) is 11.6 Å². The number of benzene rings is 1. The van der Waals surface area contributed by atoms with Crippen LogP contribution in [0.1, 0.15) is 63.0 Å². The lowest BCUT2D eigenvalue weighted by Gasteiger charge is -2.35. The first-order valence-electron chi connectivity index (χ1n) is 11.6. The number of pyridine rings is 1. The van der Waals surface area contributed by atoms with Crippen molar-refractivity contribution < 1.29 is 9.53 Å². The van der Waals surface area contributed by atoms with Gasteiger partial charge in [0.25, 0.3) is 0 Å². The number of hydrogen-bond donors (Lipinski definition) is 1. The Morgan fingerprint density at radius 3 is 2.52 bits per heavy atom. The Balaban J connectivity index is 1.26. The minimum absolute atomic E-state index is 0.214. The Kier molecular flexibility index (Phi) is 5.43. The van der Waals surface area contributed by atoms with E-state index in [0.717, 1.165) is 68.5 Å². The van der Waals surface area contributed by atoms with E-state index in [1.165, 1.54) is 5.56 Å². The Hall–Kier alpha value is -2.82. The SMILES string of the molecule is COc1ccc(C2(C(=O)NC3CCC(n4cccc5ccnc4-5)CC3)CCCC2)cc1. The monoisotopic (exact) mass is 417 g/mol. The minimum Gasteiger partial charge on any atom is -0.497 e. The summed E-state index contributed by atoms with van der Waals surface area (Å²) in [5.41, 5.74) is 1.94. The molecule has 1 aromatic carbocycles. The van der Waals surface area contributed by atoms with Crippen LogP contribution in [0, 0.1) is 0 Å². The van der Waals surface area contributed by atoms with Crippen LogP contribution in [0.4, 0.5) is 0 Å². The molecule has 4 aliphatic rings. The van der Waals surface area contributed by atoms with E-state index in [1.54, 1.807) is 7.11 Å². The number of fused-ring (bicyclic) bond motifs is 1. The fraction of sp³-hybridized carbons (Fsp3) is 0.462. The van der Waals surface area contributed by atoms with Crippen LogP contribution in [0.15, 0.2) is 54.9 Å². The van der Waals surface area contributed by atoms with Crippen molar-refractivity contribution in [3.05, 3.63) is 60.4 Å². The molecule has 1 amide bonds. The Bertz CT molecular complexity index is 996. The van der Waals surface area contributed by atoms with Crippen molar-refractivity contribution in [2.75, 3.05) is 7.11 Å². The predicted octanol–water partition coefficient (Wildman–Crippen LogP) is 5.11. The van der Waals surface area contributed by atoms with Gasteiger partial charge in [0.05, 0.1) is 12.5 Å². The number of rotatable bonds is 5. The molecule has 5 heteroatoms. The fourth-order valence-electron chi connectivity index (χ4n) is 5.65. The van der Waals surface area contributed by atoms with Crippen LogP contribution >= 0.6 is 0 Å². The number of ether oxygens (including phenoxy) is 1. The Labute approximate surface area is 184 Å². The maximum absolute atomic E-state index is 13.5. The van der Waals surface area contributed by atoms with Gasteiger partial charge in [-0.2, -0.15) is 0 Å². The molecule has 5 rings (SSSR count). The molecule has 0 atom stereocenters.